The summed E-state index contributed by atoms with van der Waals surface area (Å²) in [6, 6.07) is 0. The van der Waals surface area contributed by atoms with Crippen LogP contribution in [0.25, 0.3) is 0 Å². The van der Waals surface area contributed by atoms with Gasteiger partial charge in [0.05, 0.1) is 0 Å². The van der Waals surface area contributed by atoms with Crippen molar-refractivity contribution in [2.45, 2.75) is 0 Å². The molecule has 0 aromatic carbocycles. The molecule has 0 amide bonds. The van der Waals surface area contributed by atoms with Gasteiger partial charge in [0.15, 0.2) is 0 Å². The molecule has 0 fully saturated rings. The van der Waals surface area contributed by atoms with E-state index in [9.17, 15) is 0 Å². The van der Waals surface area contributed by atoms with E-state index >= 15 is 0 Å². The average Bonchev–Trinajstić information content (AvgIpc) is 1.94. The molecule has 0 unspecified atom stereocenters. The van der Waals surface area contributed by atoms with Gasteiger partial charge in [-0.05, 0) is 0 Å². The Hall–Kier alpha value is 3.79. The molecule has 0 aliphatic rings. The van der Waals surface area contributed by atoms with Gasteiger partial charge in [0.25, 0.3) is 105 Å². The molecule has 0 radical (unpaired) electrons. The molecule has 0 aliphatic heterocycles. The zero-order chi connectivity index (χ0) is 17.9. The van der Waals surface area contributed by atoms with Crippen LogP contribution in [0.1, 0.15) is 0 Å². The standard InChI is InChI=1S/5IO3.Nb/c5*2-1(3)4;/q5*-1;+5. The summed E-state index contributed by atoms with van der Waals surface area (Å²) in [5.74, 6) is 0. The second-order valence-corrected chi connectivity index (χ2v) is 6.34. The van der Waals surface area contributed by atoms with Gasteiger partial charge in [0.1, 0.15) is 0 Å². The summed E-state index contributed by atoms with van der Waals surface area (Å²) in [5.41, 5.74) is 0. The number of hydrogen-bond donors (Lipinski definition) is 0. The van der Waals surface area contributed by atoms with Crippen LogP contribution in [0.3, 0.4) is 0 Å². The van der Waals surface area contributed by atoms with Gasteiger partial charge in [-0.1, -0.05) is 0 Å². The first-order valence-electron chi connectivity index (χ1n) is 2.31. The van der Waals surface area contributed by atoms with Crippen molar-refractivity contribution in [3.63, 3.8) is 0 Å². The normalized spacial score (nSPS) is 8.57. The summed E-state index contributed by atoms with van der Waals surface area (Å²) < 4.78 is 129. The molecule has 15 nitrogen and oxygen atoms in total. The largest absolute Gasteiger partial charge is 5.00 e. The molecule has 0 atom stereocenters. The minimum Gasteiger partial charge on any atom is -0.427 e. The molecule has 0 heterocycles. The van der Waals surface area contributed by atoms with Crippen LogP contribution in [0.5, 0.6) is 0 Å². The van der Waals surface area contributed by atoms with E-state index in [4.69, 9.17) is 51.5 Å². The van der Waals surface area contributed by atoms with E-state index in [1.165, 1.54) is 0 Å². The maximum atomic E-state index is 8.57. The van der Waals surface area contributed by atoms with Gasteiger partial charge in [-0.25, -0.2) is 0 Å². The molecule has 0 bridgehead atoms. The van der Waals surface area contributed by atoms with Crippen molar-refractivity contribution in [3.05, 3.63) is 0 Å². The van der Waals surface area contributed by atoms with Crippen molar-refractivity contribution in [1.29, 1.82) is 0 Å². The summed E-state index contributed by atoms with van der Waals surface area (Å²) in [7, 11) is 0. The summed E-state index contributed by atoms with van der Waals surface area (Å²) >= 11 is -20.1. The Morgan fingerprint density at radius 1 is 0.238 bits per heavy atom. The SMILES string of the molecule is [Nb+5].[O-][I+2]([O-])[O-].[O-][I+2]([O-])[O-].[O-][I+2]([O-])[O-].[O-][I+2]([O-])[O-].[O-][I+2]([O-])[O-]. The fourth-order valence-electron chi connectivity index (χ4n) is 0. The molecule has 0 saturated carbocycles. The molecular formula is I5NbO15. The zero-order valence-electron chi connectivity index (χ0n) is 8.46. The first kappa shape index (κ1) is 39.7. The second-order valence-electron chi connectivity index (χ2n) is 0.945. The first-order chi connectivity index (χ1) is 8.66. The van der Waals surface area contributed by atoms with Gasteiger partial charge in [-0.2, -0.15) is 0 Å². The Bertz CT molecular complexity index is 80.6. The maximum absolute atomic E-state index is 8.57. The van der Waals surface area contributed by atoms with E-state index in [0.29, 0.717) is 0 Å². The van der Waals surface area contributed by atoms with E-state index in [-0.39, 0.29) is 22.4 Å². The second kappa shape index (κ2) is 35.0. The molecule has 130 valence electrons. The van der Waals surface area contributed by atoms with Crippen LogP contribution >= 0.6 is 0 Å². The summed E-state index contributed by atoms with van der Waals surface area (Å²) in [6.45, 7) is 0. The van der Waals surface area contributed by atoms with Gasteiger partial charge in [-0.3, -0.25) is 0 Å². The van der Waals surface area contributed by atoms with Crippen LogP contribution in [0.4, 0.5) is 0 Å². The van der Waals surface area contributed by atoms with Crippen molar-refractivity contribution in [2.24, 2.45) is 0 Å². The smallest absolute Gasteiger partial charge is 0.427 e. The Kier molecular flexibility index (Phi) is 66.2. The van der Waals surface area contributed by atoms with E-state index in [1.54, 1.807) is 0 Å². The number of halogens is 5. The summed E-state index contributed by atoms with van der Waals surface area (Å²) in [5, 5.41) is 0. The van der Waals surface area contributed by atoms with Crippen molar-refractivity contribution in [1.82, 2.24) is 0 Å². The third-order valence-electron chi connectivity index (χ3n) is 0. The fraction of sp³-hybridized carbons (Fsp3) is 0. The predicted octanol–water partition coefficient (Wildman–Crippen LogP) is -32.8. The molecule has 0 aromatic heterocycles. The van der Waals surface area contributed by atoms with E-state index in [0.717, 1.165) is 0 Å². The van der Waals surface area contributed by atoms with Crippen molar-refractivity contribution < 1.29 is 179 Å². The average molecular weight is 967 g/mol. The molecule has 0 aliphatic carbocycles. The Morgan fingerprint density at radius 3 is 0.238 bits per heavy atom. The zero-order valence-corrected chi connectivity index (χ0v) is 21.4. The quantitative estimate of drug-likeness (QED) is 0.161. The topological polar surface area (TPSA) is 346 Å². The van der Waals surface area contributed by atoms with E-state index < -0.39 is 105 Å². The third kappa shape index (κ3) is 786. The molecule has 0 saturated heterocycles. The molecular weight excluding hydrogens is 967 g/mol. The van der Waals surface area contributed by atoms with Crippen LogP contribution in [0, 0.1) is 0 Å². The van der Waals surface area contributed by atoms with Gasteiger partial charge in [0.2, 0.25) is 0 Å². The van der Waals surface area contributed by atoms with Crippen molar-refractivity contribution in [3.8, 4) is 0 Å². The summed E-state index contributed by atoms with van der Waals surface area (Å²) in [6.07, 6.45) is 0. The Balaban J connectivity index is -0.0000000331. The van der Waals surface area contributed by atoms with Gasteiger partial charge >= 0.3 is 22.4 Å². The third-order valence-corrected chi connectivity index (χ3v) is 0. The first-order valence-corrected chi connectivity index (χ1v) is 15.5. The van der Waals surface area contributed by atoms with Crippen LogP contribution in [-0.2, 0) is 22.4 Å². The molecule has 21 heteroatoms. The predicted molar refractivity (Wildman–Crippen MR) is 0 cm³/mol. The molecule has 0 N–H and O–H groups in total. The fourth-order valence-corrected chi connectivity index (χ4v) is 0. The maximum Gasteiger partial charge on any atom is 5.00 e. The monoisotopic (exact) mass is 967 g/mol. The Morgan fingerprint density at radius 2 is 0.238 bits per heavy atom. The van der Waals surface area contributed by atoms with Crippen LogP contribution < -0.4 is 157 Å². The number of hydrogen-bond acceptors (Lipinski definition) is 15. The van der Waals surface area contributed by atoms with Gasteiger partial charge in [0, 0.05) is 0 Å². The van der Waals surface area contributed by atoms with E-state index in [1.807, 2.05) is 0 Å². The van der Waals surface area contributed by atoms with Crippen LogP contribution in [0.2, 0.25) is 0 Å². The molecule has 0 aromatic rings. The van der Waals surface area contributed by atoms with Gasteiger partial charge in [-0.15, -0.1) is 0 Å². The van der Waals surface area contributed by atoms with Crippen LogP contribution in [-0.4, -0.2) is 0 Å². The minimum absolute atomic E-state index is 0. The van der Waals surface area contributed by atoms with E-state index in [2.05, 4.69) is 0 Å². The van der Waals surface area contributed by atoms with Crippen molar-refractivity contribution in [2.75, 3.05) is 0 Å². The number of rotatable bonds is 0. The Labute approximate surface area is 176 Å². The van der Waals surface area contributed by atoms with Gasteiger partial charge < -0.3 is 51.5 Å². The molecule has 0 spiro atoms. The van der Waals surface area contributed by atoms with Crippen LogP contribution in [0.15, 0.2) is 0 Å². The molecule has 0 rings (SSSR count). The molecule has 21 heavy (non-hydrogen) atoms. The minimum atomic E-state index is -4.01. The van der Waals surface area contributed by atoms with Crippen molar-refractivity contribution >= 4 is 0 Å². The summed E-state index contributed by atoms with van der Waals surface area (Å²) in [4.78, 5) is 0.